The van der Waals surface area contributed by atoms with Crippen LogP contribution in [0.15, 0.2) is 40.8 Å². The molecule has 30 heavy (non-hydrogen) atoms. The quantitative estimate of drug-likeness (QED) is 0.239. The van der Waals surface area contributed by atoms with Gasteiger partial charge in [0.05, 0.1) is 11.3 Å². The molecule has 6 heteroatoms. The Bertz CT molecular complexity index is 763. The number of carbonyl (C=O) groups is 1. The highest BCUT2D eigenvalue weighted by Gasteiger charge is 2.31. The molecule has 1 aromatic rings. The SMILES string of the molecule is CCSC(C)CC1CC(=O)C(C(CC)=NOCCCCc2cccc(F)c2)=C(O)C1. The highest BCUT2D eigenvalue weighted by atomic mass is 32.2. The molecule has 0 aliphatic heterocycles. The maximum Gasteiger partial charge on any atom is 0.168 e. The van der Waals surface area contributed by atoms with Crippen molar-refractivity contribution >= 4 is 23.3 Å². The van der Waals surface area contributed by atoms with Crippen molar-refractivity contribution in [3.63, 3.8) is 0 Å². The average molecular weight is 436 g/mol. The number of aliphatic hydroxyl groups excluding tert-OH is 1. The number of aliphatic hydroxyl groups is 1. The second-order valence-electron chi connectivity index (χ2n) is 7.83. The molecule has 0 amide bonds. The van der Waals surface area contributed by atoms with E-state index in [2.05, 4.69) is 19.0 Å². The lowest BCUT2D eigenvalue weighted by atomic mass is 9.82. The summed E-state index contributed by atoms with van der Waals surface area (Å²) in [7, 11) is 0. The van der Waals surface area contributed by atoms with E-state index in [1.54, 1.807) is 12.1 Å². The summed E-state index contributed by atoms with van der Waals surface area (Å²) in [5.74, 6) is 1.15. The summed E-state index contributed by atoms with van der Waals surface area (Å²) in [5, 5.41) is 15.2. The smallest absolute Gasteiger partial charge is 0.168 e. The van der Waals surface area contributed by atoms with E-state index in [1.807, 2.05) is 24.8 Å². The van der Waals surface area contributed by atoms with Crippen LogP contribution in [-0.2, 0) is 16.1 Å². The summed E-state index contributed by atoms with van der Waals surface area (Å²) in [4.78, 5) is 18.1. The fraction of sp³-hybridized carbons (Fsp3) is 0.583. The number of allylic oxidation sites excluding steroid dienone is 2. The van der Waals surface area contributed by atoms with Crippen LogP contribution in [0.1, 0.15) is 64.9 Å². The third kappa shape index (κ3) is 7.78. The first kappa shape index (κ1) is 24.4. The molecular formula is C24H34FNO3S. The molecule has 166 valence electrons. The highest BCUT2D eigenvalue weighted by molar-refractivity contribution is 7.99. The number of benzene rings is 1. The van der Waals surface area contributed by atoms with Crippen LogP contribution in [-0.4, -0.2) is 34.2 Å². The number of hydrogen-bond acceptors (Lipinski definition) is 5. The minimum Gasteiger partial charge on any atom is -0.511 e. The van der Waals surface area contributed by atoms with Crippen LogP contribution in [0.4, 0.5) is 4.39 Å². The molecule has 0 fully saturated rings. The summed E-state index contributed by atoms with van der Waals surface area (Å²) in [6.45, 7) is 6.64. The van der Waals surface area contributed by atoms with E-state index < -0.39 is 0 Å². The number of unbranched alkanes of at least 4 members (excludes halogenated alkanes) is 1. The van der Waals surface area contributed by atoms with Crippen LogP contribution < -0.4 is 0 Å². The van der Waals surface area contributed by atoms with Gasteiger partial charge in [0.15, 0.2) is 5.78 Å². The first-order valence-electron chi connectivity index (χ1n) is 10.9. The van der Waals surface area contributed by atoms with Crippen LogP contribution in [0.25, 0.3) is 0 Å². The largest absolute Gasteiger partial charge is 0.511 e. The van der Waals surface area contributed by atoms with Crippen molar-refractivity contribution in [1.82, 2.24) is 0 Å². The van der Waals surface area contributed by atoms with Gasteiger partial charge in [-0.1, -0.05) is 38.1 Å². The number of hydrogen-bond donors (Lipinski definition) is 1. The number of Topliss-reactive ketones (excluding diaryl/α,β-unsaturated/α-hetero) is 1. The Morgan fingerprint density at radius 3 is 2.80 bits per heavy atom. The molecule has 0 saturated carbocycles. The zero-order valence-electron chi connectivity index (χ0n) is 18.3. The summed E-state index contributed by atoms with van der Waals surface area (Å²) in [5.41, 5.74) is 1.85. The van der Waals surface area contributed by atoms with E-state index >= 15 is 0 Å². The van der Waals surface area contributed by atoms with Crippen molar-refractivity contribution in [3.8, 4) is 0 Å². The van der Waals surface area contributed by atoms with Gasteiger partial charge in [0, 0.05) is 18.1 Å². The lowest BCUT2D eigenvalue weighted by molar-refractivity contribution is -0.116. The molecule has 0 aromatic heterocycles. The Balaban J connectivity index is 1.84. The molecule has 1 aliphatic carbocycles. The Morgan fingerprint density at radius 1 is 1.33 bits per heavy atom. The molecule has 1 N–H and O–H groups in total. The van der Waals surface area contributed by atoms with Gasteiger partial charge in [0.1, 0.15) is 18.2 Å². The zero-order chi connectivity index (χ0) is 21.9. The van der Waals surface area contributed by atoms with Crippen molar-refractivity contribution < 1.29 is 19.1 Å². The first-order valence-corrected chi connectivity index (χ1v) is 12.0. The van der Waals surface area contributed by atoms with E-state index in [9.17, 15) is 14.3 Å². The summed E-state index contributed by atoms with van der Waals surface area (Å²) >= 11 is 1.88. The van der Waals surface area contributed by atoms with Gasteiger partial charge in [-0.15, -0.1) is 0 Å². The zero-order valence-corrected chi connectivity index (χ0v) is 19.1. The van der Waals surface area contributed by atoms with Crippen molar-refractivity contribution in [2.75, 3.05) is 12.4 Å². The standard InChI is InChI=1S/C24H34FNO3S/c1-4-21(26-29-12-7-6-9-18-10-8-11-20(25)14-18)24-22(27)15-19(16-23(24)28)13-17(3)30-5-2/h8,10-11,14,17,19,27H,4-7,9,12-13,15-16H2,1-3H3. The lowest BCUT2D eigenvalue weighted by Crippen LogP contribution is -2.26. The van der Waals surface area contributed by atoms with E-state index in [-0.39, 0.29) is 23.3 Å². The third-order valence-electron chi connectivity index (χ3n) is 5.28. The Kier molecular flexibility index (Phi) is 10.4. The van der Waals surface area contributed by atoms with E-state index in [1.165, 1.54) is 6.07 Å². The topological polar surface area (TPSA) is 58.9 Å². The van der Waals surface area contributed by atoms with Crippen molar-refractivity contribution in [3.05, 3.63) is 47.0 Å². The molecule has 2 rings (SSSR count). The molecule has 0 radical (unpaired) electrons. The Morgan fingerprint density at radius 2 is 2.13 bits per heavy atom. The van der Waals surface area contributed by atoms with Crippen LogP contribution in [0, 0.1) is 11.7 Å². The van der Waals surface area contributed by atoms with E-state index in [0.717, 1.165) is 37.0 Å². The van der Waals surface area contributed by atoms with Crippen LogP contribution in [0.5, 0.6) is 0 Å². The molecule has 0 spiro atoms. The fourth-order valence-electron chi connectivity index (χ4n) is 3.89. The number of oxime groups is 1. The van der Waals surface area contributed by atoms with Gasteiger partial charge in [-0.05, 0) is 61.5 Å². The van der Waals surface area contributed by atoms with Gasteiger partial charge in [-0.3, -0.25) is 4.79 Å². The molecule has 2 atom stereocenters. The number of nitrogens with zero attached hydrogens (tertiary/aromatic N) is 1. The van der Waals surface area contributed by atoms with Gasteiger partial charge in [-0.25, -0.2) is 4.39 Å². The molecule has 1 aliphatic rings. The maximum absolute atomic E-state index is 13.2. The highest BCUT2D eigenvalue weighted by Crippen LogP contribution is 2.32. The number of ketones is 1. The molecule has 0 heterocycles. The van der Waals surface area contributed by atoms with Gasteiger partial charge in [-0.2, -0.15) is 11.8 Å². The fourth-order valence-corrected chi connectivity index (χ4v) is 4.87. The minimum atomic E-state index is -0.216. The Hall–Kier alpha value is -1.82. The van der Waals surface area contributed by atoms with Gasteiger partial charge < -0.3 is 9.94 Å². The van der Waals surface area contributed by atoms with Gasteiger partial charge >= 0.3 is 0 Å². The number of carbonyl (C=O) groups excluding carboxylic acids is 1. The van der Waals surface area contributed by atoms with Crippen LogP contribution >= 0.6 is 11.8 Å². The maximum atomic E-state index is 13.2. The summed E-state index contributed by atoms with van der Waals surface area (Å²) in [6.07, 6.45) is 4.88. The molecule has 0 saturated heterocycles. The molecule has 4 nitrogen and oxygen atoms in total. The second-order valence-corrected chi connectivity index (χ2v) is 9.55. The van der Waals surface area contributed by atoms with Gasteiger partial charge in [0.2, 0.25) is 0 Å². The number of halogens is 1. The molecule has 0 bridgehead atoms. The monoisotopic (exact) mass is 435 g/mol. The molecular weight excluding hydrogens is 401 g/mol. The first-order chi connectivity index (χ1) is 14.4. The van der Waals surface area contributed by atoms with E-state index in [4.69, 9.17) is 4.84 Å². The van der Waals surface area contributed by atoms with Crippen molar-refractivity contribution in [2.24, 2.45) is 11.1 Å². The molecule has 1 aromatic carbocycles. The van der Waals surface area contributed by atoms with Crippen LogP contribution in [0.3, 0.4) is 0 Å². The normalized spacial score (nSPS) is 18.6. The second kappa shape index (κ2) is 12.8. The minimum absolute atomic E-state index is 0.0345. The predicted octanol–water partition coefficient (Wildman–Crippen LogP) is 6.25. The summed E-state index contributed by atoms with van der Waals surface area (Å²) in [6, 6.07) is 6.62. The third-order valence-corrected chi connectivity index (χ3v) is 6.37. The number of aryl methyl sites for hydroxylation is 1. The number of thioether (sulfide) groups is 1. The molecule has 2 unspecified atom stereocenters. The van der Waals surface area contributed by atoms with Crippen molar-refractivity contribution in [2.45, 2.75) is 71.0 Å². The average Bonchev–Trinajstić information content (AvgIpc) is 2.68. The van der Waals surface area contributed by atoms with Gasteiger partial charge in [0.25, 0.3) is 0 Å². The Labute approximate surface area is 184 Å². The number of rotatable bonds is 12. The van der Waals surface area contributed by atoms with Crippen LogP contribution in [0.2, 0.25) is 0 Å². The lowest BCUT2D eigenvalue weighted by Gasteiger charge is -2.25. The predicted molar refractivity (Wildman–Crippen MR) is 123 cm³/mol. The van der Waals surface area contributed by atoms with E-state index in [0.29, 0.717) is 42.4 Å². The summed E-state index contributed by atoms with van der Waals surface area (Å²) < 4.78 is 13.2. The van der Waals surface area contributed by atoms with Crippen molar-refractivity contribution in [1.29, 1.82) is 0 Å².